The summed E-state index contributed by atoms with van der Waals surface area (Å²) in [5.41, 5.74) is 2.76. The maximum atomic E-state index is 12.1. The number of anilines is 2. The van der Waals surface area contributed by atoms with E-state index in [2.05, 4.69) is 121 Å². The number of fused-ring (bicyclic) bond motifs is 8. The van der Waals surface area contributed by atoms with Crippen molar-refractivity contribution < 1.29 is 78.0 Å². The molecule has 8 saturated heterocycles. The molecule has 12 aromatic heterocycles. The summed E-state index contributed by atoms with van der Waals surface area (Å²) in [5.74, 6) is 3.29. The number of halogens is 1. The van der Waals surface area contributed by atoms with Crippen molar-refractivity contribution in [3.8, 4) is 0 Å². The largest absolute Gasteiger partial charge is 0.394 e. The number of aliphatic hydroxyl groups is 6. The van der Waals surface area contributed by atoms with E-state index >= 15 is 0 Å². The number of nitrogens with one attached hydrogen (secondary N) is 8. The molecule has 0 saturated carbocycles. The first-order valence-corrected chi connectivity index (χ1v) is 42.5. The molecule has 18 unspecified atom stereocenters. The van der Waals surface area contributed by atoms with Gasteiger partial charge in [-0.15, -0.1) is 0 Å². The number of rotatable bonds is 20. The van der Waals surface area contributed by atoms with Crippen molar-refractivity contribution in [2.45, 2.75) is 236 Å². The van der Waals surface area contributed by atoms with Crippen molar-refractivity contribution >= 4 is 90.5 Å². The molecule has 0 bridgehead atoms. The maximum Gasteiger partial charge on any atom is 0.280 e. The molecule has 126 heavy (non-hydrogen) atoms. The topological polar surface area (TPSA) is 619 Å². The summed E-state index contributed by atoms with van der Waals surface area (Å²) in [6.45, 7) is 16.4. The quantitative estimate of drug-likeness (QED) is 0.0483. The molecule has 8 fully saturated rings. The third-order valence-electron chi connectivity index (χ3n) is 22.5. The van der Waals surface area contributed by atoms with Gasteiger partial charge in [0.1, 0.15) is 98.9 Å². The number of aromatic nitrogens is 24. The van der Waals surface area contributed by atoms with Gasteiger partial charge in [0.2, 0.25) is 17.2 Å². The first-order valence-electron chi connectivity index (χ1n) is 42.1. The second-order valence-corrected chi connectivity index (χ2v) is 31.5. The van der Waals surface area contributed by atoms with Crippen LogP contribution in [0.3, 0.4) is 0 Å². The fourth-order valence-corrected chi connectivity index (χ4v) is 16.3. The molecule has 680 valence electrons. The predicted molar refractivity (Wildman–Crippen MR) is 445 cm³/mol. The summed E-state index contributed by atoms with van der Waals surface area (Å²) < 4.78 is 66.6. The molecule has 18 atom stereocenters. The Bertz CT molecular complexity index is 5680. The second kappa shape index (κ2) is 40.1. The Morgan fingerprint density at radius 1 is 0.381 bits per heavy atom. The highest BCUT2D eigenvalue weighted by Gasteiger charge is 2.44. The summed E-state index contributed by atoms with van der Waals surface area (Å²) >= 11 is 5.71. The van der Waals surface area contributed by atoms with Crippen molar-refractivity contribution in [3.05, 3.63) is 123 Å². The molecule has 8 aliphatic rings. The number of H-pyrrole nitrogens is 6. The summed E-state index contributed by atoms with van der Waals surface area (Å²) in [7, 11) is 0. The van der Waals surface area contributed by atoms with Gasteiger partial charge in [-0.1, -0.05) is 34.6 Å². The molecule has 12 aromatic rings. The lowest BCUT2D eigenvalue weighted by molar-refractivity contribution is -0.182. The van der Waals surface area contributed by atoms with Crippen LogP contribution in [-0.4, -0.2) is 275 Å². The minimum Gasteiger partial charge on any atom is -0.394 e. The van der Waals surface area contributed by atoms with E-state index in [4.69, 9.17) is 74.3 Å². The van der Waals surface area contributed by atoms with Gasteiger partial charge in [0, 0.05) is 64.5 Å². The van der Waals surface area contributed by atoms with Crippen LogP contribution in [0.15, 0.2) is 66.7 Å². The van der Waals surface area contributed by atoms with Crippen LogP contribution < -0.4 is 44.0 Å². The van der Waals surface area contributed by atoms with Crippen molar-refractivity contribution in [3.63, 3.8) is 0 Å². The standard InChI is InChI=1S/C15H22N4O2.C14H18N4O4.C13H17N5O4.C13H18N4O4.C12H17N5O4.C10H11ClN4O4/c1-4-6-11-17-14-13(15(20)18-11)16-8-19(14)12-7-9(3)10(5-2)21-12;1-2-3-10-16-13-12(14(19)17-10)15-6-18(13)11-4-8-9(22-11)5-20-7-21-8;1-2-14-13-16-11-10(12(19)17-13)15-5-18(11)9-3-7-8(22-9)4-20-6-21-7;1-2-3-9-15-12-11(13(20)16-9)14-6-17(12)10-4-7(19)8(5-18)21-10;1-2-13-12-15-10-9(11(20)16-12)14-5-17(10)8-3-6(19)7(4-18)21-8;11-10-13-8-7(9(18)14-10)12-3-15(8)6-1-4(17)5(2-16)19-6/h8-10,12H,4-7H2,1-3H3,(H,17,18,20);6,8-9,11H,2-5,7H2,1H3,(H,16,17,19);5,7-9H,2-4,6H2,1H3,(H2,14,16,17,19);6-8,10,18-19H,2-5H2,1H3,(H,15,16,20);5-8,18-19H,2-4H2,1H3,(H2,13,15,16,20);3-6,16-17H,1-2H2,(H,13,14,18). The smallest absolute Gasteiger partial charge is 0.280 e. The van der Waals surface area contributed by atoms with Gasteiger partial charge in [-0.2, -0.15) is 15.0 Å². The molecular formula is C77H103ClN26O22. The first-order chi connectivity index (χ1) is 61.0. The van der Waals surface area contributed by atoms with Crippen molar-refractivity contribution in [1.29, 1.82) is 0 Å². The monoisotopic (exact) mass is 1780 g/mol. The molecule has 49 heteroatoms. The summed E-state index contributed by atoms with van der Waals surface area (Å²) in [4.78, 5) is 139. The molecule has 0 amide bonds. The van der Waals surface area contributed by atoms with Crippen LogP contribution in [0.25, 0.3) is 67.0 Å². The highest BCUT2D eigenvalue weighted by molar-refractivity contribution is 6.28. The number of aryl methyl sites for hydroxylation is 3. The molecule has 0 spiro atoms. The molecule has 20 rings (SSSR count). The SMILES string of the molecule is CCCc1nc2c(ncn2C2CC(C)C(CC)O2)c(=O)[nH]1.CCCc1nc2c(ncn2C2CC(O)C(CO)O2)c(=O)[nH]1.CCCc1nc2c(ncn2C2CC3OCOCC3O2)c(=O)[nH]1.CCNc1nc2c(ncn2C2CC(O)C(CO)O2)c(=O)[nH]1.CCNc1nc2c(ncn2C2CC3OCOCC3O2)c(=O)[nH]1.O=c1[nH]c(Cl)nc2c1ncn2C1CC(O)C(CO)O1. The first kappa shape index (κ1) is 90.1. The fourth-order valence-electron chi connectivity index (χ4n) is 16.2. The highest BCUT2D eigenvalue weighted by atomic mass is 35.5. The molecule has 0 aliphatic carbocycles. The Hall–Kier alpha value is -10.6. The van der Waals surface area contributed by atoms with E-state index in [1.165, 1.54) is 23.5 Å². The van der Waals surface area contributed by atoms with E-state index in [0.717, 1.165) is 50.8 Å². The Kier molecular flexibility index (Phi) is 28.7. The van der Waals surface area contributed by atoms with Crippen molar-refractivity contribution in [1.82, 2.24) is 117 Å². The van der Waals surface area contributed by atoms with Crippen molar-refractivity contribution in [2.24, 2.45) is 5.92 Å². The van der Waals surface area contributed by atoms with Gasteiger partial charge in [-0.3, -0.25) is 71.1 Å². The molecule has 8 aliphatic heterocycles. The van der Waals surface area contributed by atoms with Crippen LogP contribution in [0, 0.1) is 5.92 Å². The van der Waals surface area contributed by atoms with E-state index < -0.39 is 60.9 Å². The average Bonchev–Trinajstić information content (AvgIpc) is 1.67. The number of nitrogens with zero attached hydrogens (tertiary/aromatic N) is 18. The van der Waals surface area contributed by atoms with Crippen LogP contribution in [0.1, 0.15) is 168 Å². The zero-order chi connectivity index (χ0) is 88.7. The van der Waals surface area contributed by atoms with Gasteiger partial charge in [-0.05, 0) is 63.5 Å². The van der Waals surface area contributed by atoms with E-state index in [0.29, 0.717) is 146 Å². The second-order valence-electron chi connectivity index (χ2n) is 31.2. The molecule has 0 aromatic carbocycles. The number of ether oxygens (including phenoxy) is 10. The van der Waals surface area contributed by atoms with Gasteiger partial charge in [0.15, 0.2) is 67.0 Å². The molecule has 20 heterocycles. The minimum absolute atomic E-state index is 0.00596. The highest BCUT2D eigenvalue weighted by Crippen LogP contribution is 2.39. The molecule has 0 radical (unpaired) electrons. The lowest BCUT2D eigenvalue weighted by Crippen LogP contribution is -2.35. The van der Waals surface area contributed by atoms with Crippen LogP contribution in [0.4, 0.5) is 11.9 Å². The maximum absolute atomic E-state index is 12.1. The Morgan fingerprint density at radius 2 is 0.675 bits per heavy atom. The van der Waals surface area contributed by atoms with Crippen LogP contribution in [0.5, 0.6) is 0 Å². The van der Waals surface area contributed by atoms with E-state index in [1.807, 2.05) is 36.8 Å². The third-order valence-corrected chi connectivity index (χ3v) is 22.7. The average molecular weight is 1780 g/mol. The van der Waals surface area contributed by atoms with Crippen molar-refractivity contribution in [2.75, 3.05) is 70.3 Å². The number of hydrogen-bond acceptors (Lipinski definition) is 36. The Labute approximate surface area is 718 Å². The van der Waals surface area contributed by atoms with Crippen LogP contribution in [0.2, 0.25) is 5.28 Å². The zero-order valence-corrected chi connectivity index (χ0v) is 70.8. The Balaban J connectivity index is 0.000000117. The number of imidazole rings is 6. The summed E-state index contributed by atoms with van der Waals surface area (Å²) in [6, 6.07) is 0. The van der Waals surface area contributed by atoms with Gasteiger partial charge in [0.25, 0.3) is 33.4 Å². The molecule has 48 nitrogen and oxygen atoms in total. The van der Waals surface area contributed by atoms with Gasteiger partial charge < -0.3 is 104 Å². The van der Waals surface area contributed by atoms with E-state index in [1.54, 1.807) is 32.7 Å². The Morgan fingerprint density at radius 3 is 0.968 bits per heavy atom. The number of hydrogen-bond donors (Lipinski definition) is 14. The summed E-state index contributed by atoms with van der Waals surface area (Å²) in [6.07, 6.45) is 12.2. The lowest BCUT2D eigenvalue weighted by Gasteiger charge is -2.23. The van der Waals surface area contributed by atoms with Gasteiger partial charge >= 0.3 is 0 Å². The normalized spacial score (nSPS) is 26.7. The molecule has 14 N–H and O–H groups in total. The summed E-state index contributed by atoms with van der Waals surface area (Å²) in [5, 5.41) is 62.6. The lowest BCUT2D eigenvalue weighted by atomic mass is 10.0. The minimum atomic E-state index is -0.773. The molecular weight excluding hydrogens is 1680 g/mol. The van der Waals surface area contributed by atoms with E-state index in [9.17, 15) is 44.1 Å². The van der Waals surface area contributed by atoms with Gasteiger partial charge in [-0.25, -0.2) is 44.9 Å². The number of aromatic amines is 6. The van der Waals surface area contributed by atoms with Crippen LogP contribution in [-0.2, 0) is 66.6 Å². The van der Waals surface area contributed by atoms with E-state index in [-0.39, 0.29) is 131 Å². The third kappa shape index (κ3) is 19.3. The predicted octanol–water partition coefficient (Wildman–Crippen LogP) is 1.67. The fraction of sp³-hybridized carbons (Fsp3) is 0.610. The number of aliphatic hydroxyl groups excluding tert-OH is 6. The van der Waals surface area contributed by atoms with Crippen LogP contribution >= 0.6 is 11.6 Å². The van der Waals surface area contributed by atoms with Gasteiger partial charge in [0.05, 0.1) is 108 Å². The zero-order valence-electron chi connectivity index (χ0n) is 70.1.